The number of alkyl halides is 2. The Morgan fingerprint density at radius 2 is 1.24 bits per heavy atom. The molecule has 1 aliphatic rings. The quantitative estimate of drug-likeness (QED) is 0.0871. The van der Waals surface area contributed by atoms with E-state index in [0.29, 0.717) is 44.0 Å². The number of benzene rings is 6. The van der Waals surface area contributed by atoms with Crippen LogP contribution in [-0.4, -0.2) is 18.6 Å². The van der Waals surface area contributed by atoms with Gasteiger partial charge in [0.05, 0.1) is 11.8 Å². The van der Waals surface area contributed by atoms with Crippen LogP contribution in [0.1, 0.15) is 68.1 Å². The van der Waals surface area contributed by atoms with Gasteiger partial charge in [-0.2, -0.15) is 19.3 Å². The predicted octanol–water partition coefficient (Wildman–Crippen LogP) is 14.6. The zero-order valence-corrected chi connectivity index (χ0v) is 38.7. The van der Waals surface area contributed by atoms with Crippen LogP contribution in [0.25, 0.3) is 5.03 Å². The molecule has 0 heterocycles. The minimum Gasteiger partial charge on any atom is -0.457 e. The van der Waals surface area contributed by atoms with Crippen LogP contribution in [-0.2, 0) is 19.1 Å². The maximum absolute atomic E-state index is 14.3. The Balaban J connectivity index is 0.000000224. The van der Waals surface area contributed by atoms with Crippen molar-refractivity contribution in [3.8, 4) is 40.9 Å². The summed E-state index contributed by atoms with van der Waals surface area (Å²) in [4.78, 5) is 26.0. The average molecular weight is 962 g/mol. The number of halogens is 5. The van der Waals surface area contributed by atoms with Crippen molar-refractivity contribution in [3.05, 3.63) is 191 Å². The Morgan fingerprint density at radius 3 is 1.82 bits per heavy atom. The number of carbonyl (C=O) groups excluding carboxylic acids is 2. The first-order valence-corrected chi connectivity index (χ1v) is 22.1. The van der Waals surface area contributed by atoms with Crippen LogP contribution in [0.4, 0.5) is 13.2 Å². The molecule has 0 bridgehead atoms. The third-order valence-corrected chi connectivity index (χ3v) is 11.7. The van der Waals surface area contributed by atoms with Crippen LogP contribution in [0.15, 0.2) is 158 Å². The smallest absolute Gasteiger partial charge is 0.387 e. The molecule has 5 atom stereocenters. The number of rotatable bonds is 16. The van der Waals surface area contributed by atoms with E-state index in [2.05, 4.69) is 4.74 Å². The molecule has 6 aromatic carbocycles. The minimum atomic E-state index is -2.93. The van der Waals surface area contributed by atoms with Crippen molar-refractivity contribution in [2.75, 3.05) is 0 Å². The van der Waals surface area contributed by atoms with Crippen LogP contribution in [0, 0.1) is 51.6 Å². The predicted molar refractivity (Wildman–Crippen MR) is 251 cm³/mol. The zero-order valence-electron chi connectivity index (χ0n) is 37.2. The maximum atomic E-state index is 14.3. The summed E-state index contributed by atoms with van der Waals surface area (Å²) in [6, 6.07) is 45.5. The lowest BCUT2D eigenvalue weighted by Gasteiger charge is -2.22. The normalized spacial score (nSPS) is 16.1. The number of para-hydroxylation sites is 2. The molecule has 14 heteroatoms. The molecule has 4 unspecified atom stereocenters. The number of carbonyl (C=O) groups is 2. The Kier molecular flexibility index (Phi) is 16.9. The van der Waals surface area contributed by atoms with E-state index in [-0.39, 0.29) is 23.3 Å². The number of nitrogens with zero attached hydrogens (tertiary/aromatic N) is 2. The second-order valence-electron chi connectivity index (χ2n) is 16.5. The van der Waals surface area contributed by atoms with Gasteiger partial charge in [-0.15, -0.1) is 0 Å². The van der Waals surface area contributed by atoms with Gasteiger partial charge in [0.2, 0.25) is 12.2 Å². The Hall–Kier alpha value is -7.25. The highest BCUT2D eigenvalue weighted by atomic mass is 35.5. The summed E-state index contributed by atoms with van der Waals surface area (Å²) >= 11 is 12.4. The summed E-state index contributed by atoms with van der Waals surface area (Å²) in [6.07, 6.45) is -0.518. The van der Waals surface area contributed by atoms with Crippen molar-refractivity contribution in [2.45, 2.75) is 52.4 Å². The monoisotopic (exact) mass is 960 g/mol. The maximum Gasteiger partial charge on any atom is 0.387 e. The number of esters is 2. The van der Waals surface area contributed by atoms with Gasteiger partial charge in [-0.25, -0.2) is 4.39 Å². The molecular formula is C54H45Cl2F3N2O7. The molecule has 348 valence electrons. The minimum absolute atomic E-state index is 0.00486. The number of ether oxygens (including phenoxy) is 5. The van der Waals surface area contributed by atoms with E-state index in [1.165, 1.54) is 30.3 Å². The summed E-state index contributed by atoms with van der Waals surface area (Å²) in [5.41, 5.74) is 1.77. The van der Waals surface area contributed by atoms with Gasteiger partial charge in [0.1, 0.15) is 35.1 Å². The number of hydrogen-bond donors (Lipinski definition) is 0. The van der Waals surface area contributed by atoms with Gasteiger partial charge in [-0.3, -0.25) is 9.59 Å². The average Bonchev–Trinajstić information content (AvgIpc) is 3.87. The van der Waals surface area contributed by atoms with Crippen molar-refractivity contribution in [1.82, 2.24) is 0 Å². The molecule has 0 aromatic heterocycles. The van der Waals surface area contributed by atoms with Crippen molar-refractivity contribution >= 4 is 40.2 Å². The molecule has 1 fully saturated rings. The molecule has 0 spiro atoms. The van der Waals surface area contributed by atoms with Crippen LogP contribution >= 0.6 is 23.2 Å². The molecule has 1 saturated carbocycles. The lowest BCUT2D eigenvalue weighted by Crippen LogP contribution is -2.22. The van der Waals surface area contributed by atoms with Crippen molar-refractivity contribution in [2.24, 2.45) is 23.2 Å². The molecule has 0 aliphatic heterocycles. The van der Waals surface area contributed by atoms with Gasteiger partial charge in [0, 0.05) is 21.2 Å². The molecule has 1 aliphatic carbocycles. The standard InChI is InChI=1S/C28H22Cl2FNO3.C26H23F2NO4/c1-28(2)21(15-22(30)17-8-11-19(29)12-9-17)26(28)27(33)35-25(16-32)18-10-13-23(31)24(14-18)34-20-6-4-3-5-7-20;1-17(2)24(18-11-13-21(14-12-18)32-26(27)28)25(30)33-23(16-29)19-7-6-10-22(15-19)31-20-8-4-3-5-9-20/h3-15,21,25-26H,1-2H3;3-15,17,23-24,26H,1-2H3/b22-15-;/t;23?,24-/m.0/s1. The van der Waals surface area contributed by atoms with Gasteiger partial charge in [0.25, 0.3) is 0 Å². The fourth-order valence-corrected chi connectivity index (χ4v) is 7.80. The summed E-state index contributed by atoms with van der Waals surface area (Å²) in [5, 5.41) is 20.5. The van der Waals surface area contributed by atoms with E-state index in [4.69, 9.17) is 42.1 Å². The van der Waals surface area contributed by atoms with Crippen LogP contribution in [0.5, 0.6) is 28.7 Å². The van der Waals surface area contributed by atoms with Gasteiger partial charge in [-0.1, -0.05) is 136 Å². The summed E-state index contributed by atoms with van der Waals surface area (Å²) < 4.78 is 66.0. The lowest BCUT2D eigenvalue weighted by atomic mass is 9.88. The van der Waals surface area contributed by atoms with E-state index in [1.54, 1.807) is 97.1 Å². The number of nitriles is 2. The van der Waals surface area contributed by atoms with Gasteiger partial charge < -0.3 is 23.7 Å². The Morgan fingerprint density at radius 1 is 0.676 bits per heavy atom. The second-order valence-corrected chi connectivity index (χ2v) is 17.3. The van der Waals surface area contributed by atoms with E-state index in [0.717, 1.165) is 5.56 Å². The second kappa shape index (κ2) is 23.0. The SMILES string of the molecule is CC(C)[C@H](C(=O)OC(C#N)c1cccc(Oc2ccccc2)c1)c1ccc(OC(F)F)cc1.CC1(C)C(/C=C(\Cl)c2ccc(Cl)cc2)C1C(=O)OC(C#N)c1ccc(F)c(Oc2ccccc2)c1. The summed E-state index contributed by atoms with van der Waals surface area (Å²) in [7, 11) is 0. The molecule has 7 rings (SSSR count). The Bertz CT molecular complexity index is 2780. The third kappa shape index (κ3) is 13.2. The molecule has 0 N–H and O–H groups in total. The van der Waals surface area contributed by atoms with E-state index < -0.39 is 53.8 Å². The highest BCUT2D eigenvalue weighted by molar-refractivity contribution is 6.48. The molecule has 0 amide bonds. The summed E-state index contributed by atoms with van der Waals surface area (Å²) in [5.74, 6) is -1.66. The molecule has 6 aromatic rings. The highest BCUT2D eigenvalue weighted by Gasteiger charge is 2.62. The van der Waals surface area contributed by atoms with Crippen LogP contribution in [0.2, 0.25) is 5.02 Å². The van der Waals surface area contributed by atoms with Gasteiger partial charge >= 0.3 is 18.6 Å². The first-order chi connectivity index (χ1) is 32.6. The first-order valence-electron chi connectivity index (χ1n) is 21.3. The number of allylic oxidation sites excluding steroid dienone is 1. The van der Waals surface area contributed by atoms with Crippen molar-refractivity contribution < 1.29 is 46.4 Å². The topological polar surface area (TPSA) is 128 Å². The Labute approximate surface area is 402 Å². The molecule has 68 heavy (non-hydrogen) atoms. The third-order valence-electron chi connectivity index (χ3n) is 11.1. The van der Waals surface area contributed by atoms with Crippen molar-refractivity contribution in [3.63, 3.8) is 0 Å². The first kappa shape index (κ1) is 50.2. The fourth-order valence-electron chi connectivity index (χ4n) is 7.41. The van der Waals surface area contributed by atoms with E-state index >= 15 is 0 Å². The number of hydrogen-bond acceptors (Lipinski definition) is 9. The zero-order chi connectivity index (χ0) is 49.0. The molecule has 0 saturated heterocycles. The van der Waals surface area contributed by atoms with Crippen molar-refractivity contribution in [1.29, 1.82) is 10.5 Å². The summed E-state index contributed by atoms with van der Waals surface area (Å²) in [6.45, 7) is 4.63. The van der Waals surface area contributed by atoms with Crippen LogP contribution < -0.4 is 14.2 Å². The molecule has 0 radical (unpaired) electrons. The van der Waals surface area contributed by atoms with Gasteiger partial charge in [-0.05, 0) is 101 Å². The van der Waals surface area contributed by atoms with Crippen LogP contribution in [0.3, 0.4) is 0 Å². The highest BCUT2D eigenvalue weighted by Crippen LogP contribution is 2.60. The largest absolute Gasteiger partial charge is 0.457 e. The fraction of sp³-hybridized carbons (Fsp3) is 0.222. The van der Waals surface area contributed by atoms with Gasteiger partial charge in [0.15, 0.2) is 11.6 Å². The van der Waals surface area contributed by atoms with E-state index in [9.17, 15) is 33.3 Å². The lowest BCUT2D eigenvalue weighted by molar-refractivity contribution is -0.150. The van der Waals surface area contributed by atoms with E-state index in [1.807, 2.05) is 70.2 Å². The molecular weight excluding hydrogens is 917 g/mol. The molecule has 9 nitrogen and oxygen atoms in total.